The average molecular weight is 348 g/mol. The van der Waals surface area contributed by atoms with Crippen molar-refractivity contribution in [2.24, 2.45) is 22.2 Å². The molecule has 16 heavy (non-hydrogen) atoms. The minimum absolute atomic E-state index is 0.401. The average Bonchev–Trinajstić information content (AvgIpc) is 2.83. The fourth-order valence-electron chi connectivity index (χ4n) is 5.30. The predicted molar refractivity (Wildman–Crippen MR) is 81.3 cm³/mol. The monoisotopic (exact) mass is 348 g/mol. The van der Waals surface area contributed by atoms with E-state index in [-0.39, 0.29) is 0 Å². The molecule has 2 heteroatoms. The number of hydrogen-bond acceptors (Lipinski definition) is 1. The van der Waals surface area contributed by atoms with Crippen molar-refractivity contribution >= 4 is 39.7 Å². The second-order valence-electron chi connectivity index (χ2n) is 6.72. The van der Waals surface area contributed by atoms with Crippen LogP contribution in [0.1, 0.15) is 52.4 Å². The number of fused-ring (bicyclic) bond motifs is 3. The van der Waals surface area contributed by atoms with Crippen LogP contribution >= 0.6 is 34.8 Å². The third-order valence-electron chi connectivity index (χ3n) is 6.24. The Bertz CT molecular complexity index is 341. The molecule has 3 saturated carbocycles. The van der Waals surface area contributed by atoms with Gasteiger partial charge in [-0.3, -0.25) is 0 Å². The van der Waals surface area contributed by atoms with Crippen LogP contribution in [0.5, 0.6) is 0 Å². The van der Waals surface area contributed by atoms with Crippen LogP contribution in [-0.2, 0) is 0 Å². The number of thiocarbonyl (C=S) groups is 1. The molecule has 3 fully saturated rings. The van der Waals surface area contributed by atoms with E-state index in [9.17, 15) is 0 Å². The molecule has 2 unspecified atom stereocenters. The molecule has 0 heterocycles. The van der Waals surface area contributed by atoms with E-state index in [1.54, 1.807) is 0 Å². The van der Waals surface area contributed by atoms with E-state index < -0.39 is 0 Å². The van der Waals surface area contributed by atoms with E-state index in [0.717, 1.165) is 5.92 Å². The maximum atomic E-state index is 6.00. The van der Waals surface area contributed by atoms with Crippen LogP contribution < -0.4 is 0 Å². The molecule has 2 bridgehead atoms. The molecular formula is C14H21IS. The molecule has 2 atom stereocenters. The van der Waals surface area contributed by atoms with Gasteiger partial charge in [0.25, 0.3) is 0 Å². The summed E-state index contributed by atoms with van der Waals surface area (Å²) in [6, 6.07) is 0. The van der Waals surface area contributed by atoms with Crippen molar-refractivity contribution in [1.82, 2.24) is 0 Å². The molecule has 0 radical (unpaired) electrons. The van der Waals surface area contributed by atoms with Crippen LogP contribution in [0.15, 0.2) is 0 Å². The van der Waals surface area contributed by atoms with Gasteiger partial charge in [-0.15, -0.1) is 0 Å². The fraction of sp³-hybridized carbons (Fsp3) is 0.929. The first-order valence-corrected chi connectivity index (χ1v) is 8.56. The third kappa shape index (κ3) is 1.05. The van der Waals surface area contributed by atoms with Gasteiger partial charge in [0.1, 0.15) is 0 Å². The third-order valence-corrected chi connectivity index (χ3v) is 8.34. The topological polar surface area (TPSA) is 0 Å². The van der Waals surface area contributed by atoms with Crippen molar-refractivity contribution in [3.63, 3.8) is 0 Å². The van der Waals surface area contributed by atoms with E-state index in [2.05, 4.69) is 36.4 Å². The molecule has 0 saturated heterocycles. The molecule has 0 aromatic heterocycles. The molecular weight excluding hydrogens is 327 g/mol. The van der Waals surface area contributed by atoms with Crippen molar-refractivity contribution < 1.29 is 0 Å². The van der Waals surface area contributed by atoms with E-state index in [0.29, 0.717) is 16.2 Å². The minimum Gasteiger partial charge on any atom is -0.0884 e. The second-order valence-corrected chi connectivity index (χ2v) is 7.89. The van der Waals surface area contributed by atoms with E-state index in [1.807, 2.05) is 0 Å². The molecule has 0 aromatic rings. The smallest absolute Gasteiger partial charge is 0.0166 e. The molecule has 0 N–H and O–H groups in total. The Morgan fingerprint density at radius 3 is 2.38 bits per heavy atom. The lowest BCUT2D eigenvalue weighted by molar-refractivity contribution is 0.143. The lowest BCUT2D eigenvalue weighted by atomic mass is 9.69. The Kier molecular flexibility index (Phi) is 2.55. The Labute approximate surface area is 118 Å². The molecule has 0 nitrogen and oxygen atoms in total. The zero-order chi connectivity index (χ0) is 11.6. The van der Waals surface area contributed by atoms with Crippen LogP contribution in [0, 0.1) is 22.2 Å². The van der Waals surface area contributed by atoms with Crippen molar-refractivity contribution in [3.8, 4) is 0 Å². The van der Waals surface area contributed by atoms with Crippen molar-refractivity contribution in [2.45, 2.75) is 52.4 Å². The second kappa shape index (κ2) is 3.43. The summed E-state index contributed by atoms with van der Waals surface area (Å²) in [6.45, 7) is 5.01. The first-order valence-electron chi connectivity index (χ1n) is 6.62. The van der Waals surface area contributed by atoms with Crippen molar-refractivity contribution in [3.05, 3.63) is 0 Å². The Balaban J connectivity index is 2.13. The van der Waals surface area contributed by atoms with Crippen LogP contribution in [0.2, 0.25) is 0 Å². The number of hydrogen-bond donors (Lipinski definition) is 0. The number of alkyl halides is 1. The lowest BCUT2D eigenvalue weighted by Crippen LogP contribution is -2.40. The van der Waals surface area contributed by atoms with E-state index >= 15 is 0 Å². The molecule has 3 aliphatic rings. The molecule has 90 valence electrons. The van der Waals surface area contributed by atoms with E-state index in [4.69, 9.17) is 12.2 Å². The maximum Gasteiger partial charge on any atom is 0.0166 e. The van der Waals surface area contributed by atoms with Gasteiger partial charge in [0.2, 0.25) is 0 Å². The predicted octanol–water partition coefficient (Wildman–Crippen LogP) is 4.79. The maximum absolute atomic E-state index is 6.00. The summed E-state index contributed by atoms with van der Waals surface area (Å²) in [4.78, 5) is 1.49. The van der Waals surface area contributed by atoms with Gasteiger partial charge in [-0.2, -0.15) is 0 Å². The van der Waals surface area contributed by atoms with Gasteiger partial charge < -0.3 is 0 Å². The highest BCUT2D eigenvalue weighted by atomic mass is 127. The van der Waals surface area contributed by atoms with Crippen molar-refractivity contribution in [2.75, 3.05) is 4.43 Å². The van der Waals surface area contributed by atoms with Gasteiger partial charge in [-0.25, -0.2) is 0 Å². The summed E-state index contributed by atoms with van der Waals surface area (Å²) in [6.07, 6.45) is 8.45. The van der Waals surface area contributed by atoms with Crippen LogP contribution in [0.3, 0.4) is 0 Å². The summed E-state index contributed by atoms with van der Waals surface area (Å²) in [5, 5.41) is 0. The first kappa shape index (κ1) is 11.9. The van der Waals surface area contributed by atoms with Crippen LogP contribution in [0.4, 0.5) is 0 Å². The van der Waals surface area contributed by atoms with Crippen LogP contribution in [-0.4, -0.2) is 9.29 Å². The van der Waals surface area contributed by atoms with E-state index in [1.165, 1.54) is 47.8 Å². The van der Waals surface area contributed by atoms with Crippen LogP contribution in [0.25, 0.3) is 0 Å². The molecule has 3 rings (SSSR count). The standard InChI is InChI=1S/C14H21IS/c1-12(2)10-5-8-14(12,9-15)11(16)13(10)6-3-4-7-13/h10H,3-9H2,1-2H3. The lowest BCUT2D eigenvalue weighted by Gasteiger charge is -2.38. The Hall–Kier alpha value is 0.820. The highest BCUT2D eigenvalue weighted by molar-refractivity contribution is 14.1. The molecule has 0 amide bonds. The normalized spacial score (nSPS) is 43.4. The Morgan fingerprint density at radius 2 is 1.88 bits per heavy atom. The zero-order valence-corrected chi connectivity index (χ0v) is 13.3. The molecule has 0 aliphatic heterocycles. The van der Waals surface area contributed by atoms with Crippen molar-refractivity contribution in [1.29, 1.82) is 0 Å². The summed E-state index contributed by atoms with van der Waals surface area (Å²) in [5.74, 6) is 0.893. The highest BCUT2D eigenvalue weighted by Crippen LogP contribution is 2.74. The summed E-state index contributed by atoms with van der Waals surface area (Å²) >= 11 is 8.59. The van der Waals surface area contributed by atoms with Gasteiger partial charge >= 0.3 is 0 Å². The quantitative estimate of drug-likeness (QED) is 0.373. The minimum atomic E-state index is 0.401. The fourth-order valence-corrected chi connectivity index (χ4v) is 8.08. The van der Waals surface area contributed by atoms with Gasteiger partial charge in [-0.05, 0) is 37.0 Å². The largest absolute Gasteiger partial charge is 0.0884 e. The zero-order valence-electron chi connectivity index (χ0n) is 10.3. The summed E-state index contributed by atoms with van der Waals surface area (Å²) in [7, 11) is 0. The highest BCUT2D eigenvalue weighted by Gasteiger charge is 2.71. The van der Waals surface area contributed by atoms with Gasteiger partial charge in [-0.1, -0.05) is 61.5 Å². The molecule has 0 aromatic carbocycles. The van der Waals surface area contributed by atoms with Gasteiger partial charge in [0.15, 0.2) is 0 Å². The summed E-state index contributed by atoms with van der Waals surface area (Å²) in [5.41, 5.74) is 1.36. The molecule has 1 spiro atoms. The summed E-state index contributed by atoms with van der Waals surface area (Å²) < 4.78 is 1.24. The SMILES string of the molecule is CC1(C)C2CCC1(CI)C(=S)C21CCCC1. The van der Waals surface area contributed by atoms with Gasteiger partial charge in [0, 0.05) is 20.1 Å². The van der Waals surface area contributed by atoms with Gasteiger partial charge in [0.05, 0.1) is 0 Å². The number of halogens is 1. The molecule has 3 aliphatic carbocycles. The first-order chi connectivity index (χ1) is 7.51. The Morgan fingerprint density at radius 1 is 1.25 bits per heavy atom. The number of rotatable bonds is 1.